The summed E-state index contributed by atoms with van der Waals surface area (Å²) >= 11 is 0. The van der Waals surface area contributed by atoms with Crippen LogP contribution in [0.3, 0.4) is 0 Å². The number of fused-ring (bicyclic) bond motifs is 1. The Kier molecular flexibility index (Phi) is 6.04. The summed E-state index contributed by atoms with van der Waals surface area (Å²) in [5.41, 5.74) is 11.9. The fraction of sp³-hybridized carbons (Fsp3) is 0.381. The third kappa shape index (κ3) is 4.39. The molecule has 6 N–H and O–H groups in total. The van der Waals surface area contributed by atoms with E-state index in [1.807, 2.05) is 0 Å². The van der Waals surface area contributed by atoms with Crippen molar-refractivity contribution in [2.75, 3.05) is 42.8 Å². The van der Waals surface area contributed by atoms with Gasteiger partial charge < -0.3 is 31.7 Å². The van der Waals surface area contributed by atoms with Crippen LogP contribution in [0.25, 0.3) is 10.9 Å². The Morgan fingerprint density at radius 1 is 1.24 bits per heavy atom. The van der Waals surface area contributed by atoms with Gasteiger partial charge in [0.05, 0.1) is 12.2 Å². The molecule has 0 aliphatic carbocycles. The Labute approximate surface area is 188 Å². The zero-order chi connectivity index (χ0) is 23.9. The molecule has 0 saturated carbocycles. The molecule has 1 saturated heterocycles. The van der Waals surface area contributed by atoms with E-state index in [1.165, 1.54) is 10.7 Å². The fourth-order valence-electron chi connectivity index (χ4n) is 3.87. The molecule has 4 rings (SSSR count). The van der Waals surface area contributed by atoms with Gasteiger partial charge in [0, 0.05) is 50.9 Å². The molecule has 2 atom stereocenters. The molecule has 2 aromatic heterocycles. The third-order valence-electron chi connectivity index (χ3n) is 5.52. The first-order chi connectivity index (χ1) is 15.7. The molecule has 3 heterocycles. The molecule has 0 unspecified atom stereocenters. The lowest BCUT2D eigenvalue weighted by atomic mass is 10.0. The van der Waals surface area contributed by atoms with Gasteiger partial charge >= 0.3 is 0 Å². The maximum atomic E-state index is 14.9. The molecule has 10 nitrogen and oxygen atoms in total. The second-order valence-corrected chi connectivity index (χ2v) is 8.18. The number of benzene rings is 1. The largest absolute Gasteiger partial charge is 0.380 e. The van der Waals surface area contributed by atoms with Crippen molar-refractivity contribution in [3.8, 4) is 0 Å². The molecule has 176 valence electrons. The summed E-state index contributed by atoms with van der Waals surface area (Å²) in [7, 11) is 5.24. The highest BCUT2D eigenvalue weighted by molar-refractivity contribution is 5.99. The van der Waals surface area contributed by atoms with Gasteiger partial charge in [-0.15, -0.1) is 0 Å². The quantitative estimate of drug-likeness (QED) is 0.436. The number of nitrogens with two attached hydrogens (primary N) is 2. The van der Waals surface area contributed by atoms with E-state index in [-0.39, 0.29) is 29.3 Å². The molecular weight excluding hydrogens is 434 g/mol. The van der Waals surface area contributed by atoms with Crippen molar-refractivity contribution in [2.45, 2.75) is 18.5 Å². The Balaban J connectivity index is 1.74. The summed E-state index contributed by atoms with van der Waals surface area (Å²) in [4.78, 5) is 18.0. The Morgan fingerprint density at radius 3 is 2.67 bits per heavy atom. The first kappa shape index (κ1) is 22.7. The minimum Gasteiger partial charge on any atom is -0.380 e. The third-order valence-corrected chi connectivity index (χ3v) is 5.52. The van der Waals surface area contributed by atoms with Crippen molar-refractivity contribution in [1.29, 1.82) is 0 Å². The number of hydrogen-bond acceptors (Lipinski definition) is 8. The molecule has 0 radical (unpaired) electrons. The van der Waals surface area contributed by atoms with E-state index in [0.29, 0.717) is 42.0 Å². The van der Waals surface area contributed by atoms with Crippen LogP contribution in [0.2, 0.25) is 0 Å². The molecular formula is C21H26F2N8O2. The number of amides is 1. The van der Waals surface area contributed by atoms with Crippen LogP contribution in [-0.4, -0.2) is 60.1 Å². The Morgan fingerprint density at radius 2 is 2.00 bits per heavy atom. The second-order valence-electron chi connectivity index (χ2n) is 8.18. The van der Waals surface area contributed by atoms with Gasteiger partial charge in [-0.2, -0.15) is 5.10 Å². The number of carbonyl (C=O) groups excluding carboxylic acids is 1. The highest BCUT2D eigenvalue weighted by atomic mass is 19.1. The minimum atomic E-state index is -0.880. The van der Waals surface area contributed by atoms with Crippen molar-refractivity contribution < 1.29 is 18.3 Å². The normalized spacial score (nSPS) is 18.4. The van der Waals surface area contributed by atoms with Crippen LogP contribution in [0.4, 0.5) is 31.9 Å². The molecule has 1 aliphatic rings. The van der Waals surface area contributed by atoms with E-state index >= 15 is 0 Å². The van der Waals surface area contributed by atoms with Crippen molar-refractivity contribution in [3.63, 3.8) is 0 Å². The summed E-state index contributed by atoms with van der Waals surface area (Å²) in [6, 6.07) is 3.31. The number of anilines is 4. The molecule has 1 aliphatic heterocycles. The number of aromatic nitrogens is 3. The number of hydrogen-bond donors (Lipinski definition) is 4. The van der Waals surface area contributed by atoms with Crippen molar-refractivity contribution >= 4 is 40.0 Å². The Bertz CT molecular complexity index is 1210. The van der Waals surface area contributed by atoms with E-state index in [9.17, 15) is 13.6 Å². The number of rotatable bonds is 6. The maximum absolute atomic E-state index is 14.9. The number of halogens is 2. The average Bonchev–Trinajstić information content (AvgIpc) is 3.08. The summed E-state index contributed by atoms with van der Waals surface area (Å²) in [5, 5.41) is 10.8. The van der Waals surface area contributed by atoms with Crippen molar-refractivity contribution in [3.05, 3.63) is 35.4 Å². The van der Waals surface area contributed by atoms with E-state index in [4.69, 9.17) is 16.2 Å². The average molecular weight is 460 g/mol. The van der Waals surface area contributed by atoms with Gasteiger partial charge in [-0.05, 0) is 24.6 Å². The first-order valence-corrected chi connectivity index (χ1v) is 10.4. The summed E-state index contributed by atoms with van der Waals surface area (Å²) in [5.74, 6) is -1.70. The number of ether oxygens (including phenoxy) is 1. The van der Waals surface area contributed by atoms with Gasteiger partial charge in [0.2, 0.25) is 0 Å². The topological polar surface area (TPSA) is 136 Å². The van der Waals surface area contributed by atoms with Crippen LogP contribution in [0.5, 0.6) is 0 Å². The van der Waals surface area contributed by atoms with Crippen LogP contribution in [0, 0.1) is 11.6 Å². The highest BCUT2D eigenvalue weighted by Gasteiger charge is 2.25. The molecule has 0 spiro atoms. The zero-order valence-electron chi connectivity index (χ0n) is 18.5. The molecule has 3 aromatic rings. The van der Waals surface area contributed by atoms with E-state index < -0.39 is 17.5 Å². The van der Waals surface area contributed by atoms with E-state index in [1.54, 1.807) is 32.1 Å². The van der Waals surface area contributed by atoms with Gasteiger partial charge in [0.15, 0.2) is 23.3 Å². The lowest BCUT2D eigenvalue weighted by Gasteiger charge is -2.30. The number of pyridine rings is 1. The predicted octanol–water partition coefficient (Wildman–Crippen LogP) is 1.68. The molecule has 33 heavy (non-hydrogen) atoms. The highest BCUT2D eigenvalue weighted by Crippen LogP contribution is 2.32. The summed E-state index contributed by atoms with van der Waals surface area (Å²) in [6.45, 7) is 0.818. The number of aryl methyl sites for hydroxylation is 1. The Hall–Kier alpha value is -3.51. The standard InChI is InChI=1S/C21H26F2N8O2/c1-30(2)21-11-6-10(7-13(22)17(11)31(3)29-21)26-19-12(18(25)32)8-14(23)20(28-19)27-16-4-5-33-9-15(16)24/h6-8,15-16H,4-5,9,24H2,1-3H3,(H2,25,32)(H2,26,27,28)/t15-,16+/m0/s1. The van der Waals surface area contributed by atoms with Gasteiger partial charge in [-0.25, -0.2) is 13.8 Å². The predicted molar refractivity (Wildman–Crippen MR) is 122 cm³/mol. The van der Waals surface area contributed by atoms with Gasteiger partial charge in [-0.1, -0.05) is 0 Å². The van der Waals surface area contributed by atoms with Gasteiger partial charge in [-0.3, -0.25) is 9.48 Å². The number of nitrogens with one attached hydrogen (secondary N) is 2. The van der Waals surface area contributed by atoms with Crippen LogP contribution in [-0.2, 0) is 11.8 Å². The minimum absolute atomic E-state index is 0.0129. The summed E-state index contributed by atoms with van der Waals surface area (Å²) in [6.07, 6.45) is 0.568. The second kappa shape index (κ2) is 8.79. The van der Waals surface area contributed by atoms with Crippen LogP contribution < -0.4 is 27.0 Å². The van der Waals surface area contributed by atoms with Gasteiger partial charge in [0.1, 0.15) is 11.3 Å². The molecule has 12 heteroatoms. The maximum Gasteiger partial charge on any atom is 0.252 e. The van der Waals surface area contributed by atoms with E-state index in [0.717, 1.165) is 6.07 Å². The lowest BCUT2D eigenvalue weighted by molar-refractivity contribution is 0.0751. The lowest BCUT2D eigenvalue weighted by Crippen LogP contribution is -2.47. The number of primary amides is 1. The first-order valence-electron chi connectivity index (χ1n) is 10.4. The zero-order valence-corrected chi connectivity index (χ0v) is 18.5. The number of nitrogens with zero attached hydrogens (tertiary/aromatic N) is 4. The molecule has 1 aromatic carbocycles. The monoisotopic (exact) mass is 460 g/mol. The smallest absolute Gasteiger partial charge is 0.252 e. The number of carbonyl (C=O) groups is 1. The SMILES string of the molecule is CN(C)c1nn(C)c2c(F)cc(Nc3nc(N[C@@H]4CCOC[C@@H]4N)c(F)cc3C(N)=O)cc12. The fourth-order valence-corrected chi connectivity index (χ4v) is 3.87. The molecule has 1 fully saturated rings. The van der Waals surface area contributed by atoms with E-state index in [2.05, 4.69) is 20.7 Å². The van der Waals surface area contributed by atoms with Crippen LogP contribution in [0.15, 0.2) is 18.2 Å². The summed E-state index contributed by atoms with van der Waals surface area (Å²) < 4.78 is 36.4. The van der Waals surface area contributed by atoms with Gasteiger partial charge in [0.25, 0.3) is 5.91 Å². The molecule has 0 bridgehead atoms. The molecule has 1 amide bonds. The van der Waals surface area contributed by atoms with Crippen LogP contribution in [0.1, 0.15) is 16.8 Å². The van der Waals surface area contributed by atoms with Crippen molar-refractivity contribution in [2.24, 2.45) is 18.5 Å². The van der Waals surface area contributed by atoms with Crippen molar-refractivity contribution in [1.82, 2.24) is 14.8 Å². The van der Waals surface area contributed by atoms with Crippen LogP contribution >= 0.6 is 0 Å².